The molecule has 0 aliphatic carbocycles. The fourth-order valence-electron chi connectivity index (χ4n) is 4.89. The van der Waals surface area contributed by atoms with Gasteiger partial charge in [0.05, 0.1) is 19.8 Å². The summed E-state index contributed by atoms with van der Waals surface area (Å²) in [6.07, 6.45) is 23.6. The topological polar surface area (TPSA) is 31.6 Å². The van der Waals surface area contributed by atoms with Crippen LogP contribution in [0.4, 0.5) is 0 Å². The zero-order chi connectivity index (χ0) is 27.1. The van der Waals surface area contributed by atoms with Crippen LogP contribution in [-0.2, 0) is 27.4 Å². The molecule has 38 heavy (non-hydrogen) atoms. The maximum Gasteiger partial charge on any atom is 0.173 e. The average Bonchev–Trinajstić information content (AvgIpc) is 2.92. The van der Waals surface area contributed by atoms with Crippen molar-refractivity contribution in [1.82, 2.24) is 0 Å². The highest BCUT2D eigenvalue weighted by atomic mass is 16.6. The lowest BCUT2D eigenvalue weighted by atomic mass is 10.0. The summed E-state index contributed by atoms with van der Waals surface area (Å²) in [6, 6.07) is 12.8. The number of aryl methyl sites for hydroxylation is 1. The average molecular weight is 527 g/mol. The molecule has 2 aromatic rings. The van der Waals surface area contributed by atoms with Crippen LogP contribution in [0.15, 0.2) is 48.8 Å². The maximum absolute atomic E-state index is 5.96. The van der Waals surface area contributed by atoms with E-state index >= 15 is 0 Å². The third-order valence-electron chi connectivity index (χ3n) is 7.21. The van der Waals surface area contributed by atoms with Crippen LogP contribution < -0.4 is 4.57 Å². The van der Waals surface area contributed by atoms with Crippen molar-refractivity contribution in [2.75, 3.05) is 26.9 Å². The number of benzene rings is 1. The SMILES string of the molecule is CCCCCCCCCCCCCCCCOCC(COCc1cccc(C[n+]2cccc(C)c2)c1)OC. The Balaban J connectivity index is 1.44. The third kappa shape index (κ3) is 16.3. The van der Waals surface area contributed by atoms with Gasteiger partial charge in [-0.1, -0.05) is 109 Å². The third-order valence-corrected chi connectivity index (χ3v) is 7.21. The van der Waals surface area contributed by atoms with Gasteiger partial charge in [0.25, 0.3) is 0 Å². The van der Waals surface area contributed by atoms with Crippen molar-refractivity contribution in [2.45, 2.75) is 123 Å². The Hall–Kier alpha value is -1.75. The Morgan fingerprint density at radius 1 is 0.711 bits per heavy atom. The molecule has 1 aromatic heterocycles. The van der Waals surface area contributed by atoms with Gasteiger partial charge in [0.2, 0.25) is 0 Å². The molecule has 0 saturated carbocycles. The second kappa shape index (κ2) is 22.1. The van der Waals surface area contributed by atoms with Crippen molar-refractivity contribution >= 4 is 0 Å². The first-order chi connectivity index (χ1) is 18.7. The van der Waals surface area contributed by atoms with Crippen molar-refractivity contribution < 1.29 is 18.8 Å². The lowest BCUT2D eigenvalue weighted by molar-refractivity contribution is -0.688. The zero-order valence-corrected chi connectivity index (χ0v) is 24.8. The van der Waals surface area contributed by atoms with Gasteiger partial charge in [0, 0.05) is 30.9 Å². The smallest absolute Gasteiger partial charge is 0.173 e. The van der Waals surface area contributed by atoms with Gasteiger partial charge in [-0.2, -0.15) is 0 Å². The predicted molar refractivity (Wildman–Crippen MR) is 159 cm³/mol. The van der Waals surface area contributed by atoms with Crippen LogP contribution in [0.5, 0.6) is 0 Å². The molecule has 0 N–H and O–H groups in total. The second-order valence-corrected chi connectivity index (χ2v) is 10.9. The van der Waals surface area contributed by atoms with Crippen molar-refractivity contribution in [3.05, 3.63) is 65.5 Å². The standard InChI is InChI=1S/C34H56NO3/c1-4-5-6-7-8-9-10-11-12-13-14-15-16-17-24-37-29-34(36-3)30-38-28-33-22-18-21-32(25-33)27-35-23-19-20-31(2)26-35/h18-23,25-26,34H,4-17,24,27-30H2,1-3H3/q+1. The molecule has 2 rings (SSSR count). The molecule has 0 fully saturated rings. The fourth-order valence-corrected chi connectivity index (χ4v) is 4.89. The Morgan fingerprint density at radius 3 is 1.95 bits per heavy atom. The van der Waals surface area contributed by atoms with Gasteiger partial charge in [-0.05, 0) is 31.0 Å². The Morgan fingerprint density at radius 2 is 1.32 bits per heavy atom. The summed E-state index contributed by atoms with van der Waals surface area (Å²) in [5, 5.41) is 0. The Kier molecular flexibility index (Phi) is 18.9. The molecular formula is C34H56NO3+. The molecule has 0 aliphatic rings. The van der Waals surface area contributed by atoms with E-state index in [0.717, 1.165) is 19.6 Å². The van der Waals surface area contributed by atoms with E-state index in [1.807, 2.05) is 0 Å². The number of nitrogens with zero attached hydrogens (tertiary/aromatic N) is 1. The highest BCUT2D eigenvalue weighted by molar-refractivity contribution is 5.22. The van der Waals surface area contributed by atoms with Crippen molar-refractivity contribution in [2.24, 2.45) is 0 Å². The van der Waals surface area contributed by atoms with Crippen LogP contribution in [0.25, 0.3) is 0 Å². The molecule has 0 bridgehead atoms. The van der Waals surface area contributed by atoms with Crippen LogP contribution in [-0.4, -0.2) is 33.0 Å². The molecule has 4 heteroatoms. The Bertz CT molecular complexity index is 825. The summed E-state index contributed by atoms with van der Waals surface area (Å²) in [6.45, 7) is 7.82. The van der Waals surface area contributed by atoms with E-state index in [4.69, 9.17) is 14.2 Å². The highest BCUT2D eigenvalue weighted by Crippen LogP contribution is 2.13. The predicted octanol–water partition coefficient (Wildman–Crippen LogP) is 8.36. The van der Waals surface area contributed by atoms with E-state index in [-0.39, 0.29) is 6.10 Å². The fraction of sp³-hybridized carbons (Fsp3) is 0.676. The van der Waals surface area contributed by atoms with E-state index in [2.05, 4.69) is 67.2 Å². The van der Waals surface area contributed by atoms with Gasteiger partial charge in [-0.25, -0.2) is 4.57 Å². The number of rotatable bonds is 24. The van der Waals surface area contributed by atoms with Gasteiger partial charge in [-0.3, -0.25) is 0 Å². The summed E-state index contributed by atoms with van der Waals surface area (Å²) in [7, 11) is 1.74. The summed E-state index contributed by atoms with van der Waals surface area (Å²) in [5.74, 6) is 0. The molecule has 0 spiro atoms. The first-order valence-electron chi connectivity index (χ1n) is 15.4. The summed E-state index contributed by atoms with van der Waals surface area (Å²) in [5.41, 5.74) is 3.74. The van der Waals surface area contributed by atoms with Crippen LogP contribution in [0.1, 0.15) is 114 Å². The van der Waals surface area contributed by atoms with Crippen LogP contribution in [0.3, 0.4) is 0 Å². The molecule has 1 heterocycles. The molecule has 0 saturated heterocycles. The van der Waals surface area contributed by atoms with Crippen molar-refractivity contribution in [3.8, 4) is 0 Å². The number of ether oxygens (including phenoxy) is 3. The number of hydrogen-bond acceptors (Lipinski definition) is 3. The monoisotopic (exact) mass is 526 g/mol. The minimum absolute atomic E-state index is 0.0207. The first kappa shape index (κ1) is 32.5. The lowest BCUT2D eigenvalue weighted by Crippen LogP contribution is -2.33. The van der Waals surface area contributed by atoms with Crippen LogP contribution >= 0.6 is 0 Å². The molecule has 4 nitrogen and oxygen atoms in total. The largest absolute Gasteiger partial charge is 0.379 e. The van der Waals surface area contributed by atoms with Gasteiger partial charge in [0.15, 0.2) is 18.9 Å². The van der Waals surface area contributed by atoms with E-state index in [1.54, 1.807) is 7.11 Å². The van der Waals surface area contributed by atoms with Crippen molar-refractivity contribution in [1.29, 1.82) is 0 Å². The molecule has 214 valence electrons. The summed E-state index contributed by atoms with van der Waals surface area (Å²) >= 11 is 0. The number of unbranched alkanes of at least 4 members (excludes halogenated alkanes) is 13. The zero-order valence-electron chi connectivity index (χ0n) is 24.8. The number of methoxy groups -OCH3 is 1. The van der Waals surface area contributed by atoms with E-state index in [1.165, 1.54) is 100 Å². The van der Waals surface area contributed by atoms with Gasteiger partial charge < -0.3 is 14.2 Å². The first-order valence-corrected chi connectivity index (χ1v) is 15.4. The lowest BCUT2D eigenvalue weighted by Gasteiger charge is -2.16. The highest BCUT2D eigenvalue weighted by Gasteiger charge is 2.09. The second-order valence-electron chi connectivity index (χ2n) is 10.9. The Labute approximate surface area is 234 Å². The normalized spacial score (nSPS) is 12.2. The quantitative estimate of drug-likeness (QED) is 0.102. The molecule has 1 aromatic carbocycles. The van der Waals surface area contributed by atoms with Crippen LogP contribution in [0, 0.1) is 6.92 Å². The van der Waals surface area contributed by atoms with E-state index < -0.39 is 0 Å². The van der Waals surface area contributed by atoms with E-state index in [0.29, 0.717) is 19.8 Å². The molecule has 0 aliphatic heterocycles. The molecule has 0 amide bonds. The summed E-state index contributed by atoms with van der Waals surface area (Å²) in [4.78, 5) is 0. The number of hydrogen-bond donors (Lipinski definition) is 0. The van der Waals surface area contributed by atoms with Gasteiger partial charge in [-0.15, -0.1) is 0 Å². The molecule has 1 unspecified atom stereocenters. The minimum Gasteiger partial charge on any atom is -0.379 e. The molecule has 0 radical (unpaired) electrons. The van der Waals surface area contributed by atoms with Crippen molar-refractivity contribution in [3.63, 3.8) is 0 Å². The summed E-state index contributed by atoms with van der Waals surface area (Å²) < 4.78 is 19.6. The number of pyridine rings is 1. The molecular weight excluding hydrogens is 470 g/mol. The number of aromatic nitrogens is 1. The minimum atomic E-state index is -0.0207. The maximum atomic E-state index is 5.96. The van der Waals surface area contributed by atoms with E-state index in [9.17, 15) is 0 Å². The van der Waals surface area contributed by atoms with Gasteiger partial charge >= 0.3 is 0 Å². The van der Waals surface area contributed by atoms with Gasteiger partial charge in [0.1, 0.15) is 6.10 Å². The molecule has 1 atom stereocenters. The van der Waals surface area contributed by atoms with Crippen LogP contribution in [0.2, 0.25) is 0 Å².